The van der Waals surface area contributed by atoms with Gasteiger partial charge in [-0.25, -0.2) is 0 Å². The van der Waals surface area contributed by atoms with E-state index < -0.39 is 0 Å². The van der Waals surface area contributed by atoms with Crippen LogP contribution in [0.5, 0.6) is 0 Å². The van der Waals surface area contributed by atoms with Crippen molar-refractivity contribution in [3.63, 3.8) is 0 Å². The third-order valence-electron chi connectivity index (χ3n) is 7.15. The first-order valence-electron chi connectivity index (χ1n) is 11.1. The number of hydrogen-bond acceptors (Lipinski definition) is 1. The minimum Gasteiger partial charge on any atom is -0.198 e. The fraction of sp³-hybridized carbons (Fsp3) is 0.957. The second-order valence-corrected chi connectivity index (χ2v) is 8.98. The maximum atomic E-state index is 9.87. The maximum absolute atomic E-state index is 9.87. The second-order valence-electron chi connectivity index (χ2n) is 8.98. The van der Waals surface area contributed by atoms with E-state index in [0.717, 1.165) is 17.8 Å². The van der Waals surface area contributed by atoms with Gasteiger partial charge < -0.3 is 0 Å². The fourth-order valence-corrected chi connectivity index (χ4v) is 5.54. The molecule has 138 valence electrons. The highest BCUT2D eigenvalue weighted by molar-refractivity contribution is 5.03. The topological polar surface area (TPSA) is 23.8 Å². The molecule has 0 bridgehead atoms. The van der Waals surface area contributed by atoms with Crippen molar-refractivity contribution >= 4 is 0 Å². The SMILES string of the molecule is CCCCCC1CCC([C@@H]2CCC[C@@](C#N)(CCCCC)C2)CC1. The van der Waals surface area contributed by atoms with E-state index in [4.69, 9.17) is 0 Å². The Morgan fingerprint density at radius 2 is 1.58 bits per heavy atom. The Kier molecular flexibility index (Phi) is 8.65. The number of unbranched alkanes of at least 4 members (excludes halogenated alkanes) is 4. The van der Waals surface area contributed by atoms with Crippen molar-refractivity contribution in [2.24, 2.45) is 23.2 Å². The highest BCUT2D eigenvalue weighted by Crippen LogP contribution is 2.48. The van der Waals surface area contributed by atoms with Gasteiger partial charge in [0.05, 0.1) is 11.5 Å². The van der Waals surface area contributed by atoms with E-state index in [1.165, 1.54) is 103 Å². The number of nitrogens with zero attached hydrogens (tertiary/aromatic N) is 1. The van der Waals surface area contributed by atoms with Crippen molar-refractivity contribution in [3.8, 4) is 6.07 Å². The quantitative estimate of drug-likeness (QED) is 0.398. The summed E-state index contributed by atoms with van der Waals surface area (Å²) in [5.41, 5.74) is 0.0378. The molecule has 0 aromatic carbocycles. The highest BCUT2D eigenvalue weighted by Gasteiger charge is 2.39. The standard InChI is InChI=1S/C23H41N/c1-3-5-7-10-20-12-14-21(15-13-20)22-11-9-17-23(18-22,19-24)16-8-6-4-2/h20-22H,3-18H2,1-2H3/t20?,21?,22-,23+/m1/s1. The zero-order valence-corrected chi connectivity index (χ0v) is 16.5. The highest BCUT2D eigenvalue weighted by atomic mass is 14.5. The Labute approximate surface area is 151 Å². The van der Waals surface area contributed by atoms with Crippen molar-refractivity contribution in [1.29, 1.82) is 5.26 Å². The first kappa shape index (κ1) is 19.8. The van der Waals surface area contributed by atoms with Gasteiger partial charge in [0.1, 0.15) is 0 Å². The van der Waals surface area contributed by atoms with Gasteiger partial charge >= 0.3 is 0 Å². The van der Waals surface area contributed by atoms with Gasteiger partial charge in [-0.1, -0.05) is 84.5 Å². The van der Waals surface area contributed by atoms with E-state index in [1.807, 2.05) is 0 Å². The summed E-state index contributed by atoms with van der Waals surface area (Å²) in [6, 6.07) is 2.79. The number of hydrogen-bond donors (Lipinski definition) is 0. The molecule has 0 unspecified atom stereocenters. The van der Waals surface area contributed by atoms with E-state index in [1.54, 1.807) is 0 Å². The molecule has 0 aromatic heterocycles. The van der Waals surface area contributed by atoms with Crippen LogP contribution >= 0.6 is 0 Å². The Bertz CT molecular complexity index is 374. The molecule has 1 nitrogen and oxygen atoms in total. The predicted molar refractivity (Wildman–Crippen MR) is 104 cm³/mol. The number of rotatable bonds is 9. The van der Waals surface area contributed by atoms with Gasteiger partial charge in [-0.2, -0.15) is 5.26 Å². The van der Waals surface area contributed by atoms with Crippen LogP contribution in [0.3, 0.4) is 0 Å². The molecule has 0 aliphatic heterocycles. The summed E-state index contributed by atoms with van der Waals surface area (Å²) < 4.78 is 0. The molecule has 0 N–H and O–H groups in total. The van der Waals surface area contributed by atoms with E-state index in [-0.39, 0.29) is 5.41 Å². The zero-order valence-electron chi connectivity index (χ0n) is 16.5. The Morgan fingerprint density at radius 3 is 2.25 bits per heavy atom. The van der Waals surface area contributed by atoms with Crippen molar-refractivity contribution in [1.82, 2.24) is 0 Å². The molecule has 0 spiro atoms. The van der Waals surface area contributed by atoms with Gasteiger partial charge in [0.25, 0.3) is 0 Å². The van der Waals surface area contributed by atoms with Gasteiger partial charge in [0.15, 0.2) is 0 Å². The largest absolute Gasteiger partial charge is 0.198 e. The van der Waals surface area contributed by atoms with Gasteiger partial charge in [-0.15, -0.1) is 0 Å². The summed E-state index contributed by atoms with van der Waals surface area (Å²) in [4.78, 5) is 0. The van der Waals surface area contributed by atoms with Crippen LogP contribution in [0.2, 0.25) is 0 Å². The second kappa shape index (κ2) is 10.5. The molecule has 0 heterocycles. The van der Waals surface area contributed by atoms with Crippen LogP contribution < -0.4 is 0 Å². The average Bonchev–Trinajstić information content (AvgIpc) is 2.63. The summed E-state index contributed by atoms with van der Waals surface area (Å²) >= 11 is 0. The summed E-state index contributed by atoms with van der Waals surface area (Å²) in [6.07, 6.45) is 21.7. The van der Waals surface area contributed by atoms with Crippen LogP contribution in [0.1, 0.15) is 117 Å². The fourth-order valence-electron chi connectivity index (χ4n) is 5.54. The molecule has 2 aliphatic rings. The normalized spacial score (nSPS) is 34.0. The first-order valence-corrected chi connectivity index (χ1v) is 11.1. The molecule has 1 heteroatoms. The van der Waals surface area contributed by atoms with Crippen molar-refractivity contribution in [2.45, 2.75) is 117 Å². The molecule has 2 atom stereocenters. The van der Waals surface area contributed by atoms with Crippen LogP contribution in [0, 0.1) is 34.5 Å². The average molecular weight is 332 g/mol. The third-order valence-corrected chi connectivity index (χ3v) is 7.15. The van der Waals surface area contributed by atoms with Gasteiger partial charge in [0, 0.05) is 0 Å². The monoisotopic (exact) mass is 331 g/mol. The smallest absolute Gasteiger partial charge is 0.0689 e. The first-order chi connectivity index (χ1) is 11.7. The summed E-state index contributed by atoms with van der Waals surface area (Å²) in [6.45, 7) is 4.57. The van der Waals surface area contributed by atoms with Crippen LogP contribution in [0.25, 0.3) is 0 Å². The molecular formula is C23H41N. The van der Waals surface area contributed by atoms with Crippen LogP contribution in [0.4, 0.5) is 0 Å². The van der Waals surface area contributed by atoms with Crippen LogP contribution in [0.15, 0.2) is 0 Å². The van der Waals surface area contributed by atoms with E-state index in [2.05, 4.69) is 19.9 Å². The Balaban J connectivity index is 1.79. The summed E-state index contributed by atoms with van der Waals surface area (Å²) in [7, 11) is 0. The lowest BCUT2D eigenvalue weighted by molar-refractivity contribution is 0.102. The molecular weight excluding hydrogens is 290 g/mol. The molecule has 24 heavy (non-hydrogen) atoms. The summed E-state index contributed by atoms with van der Waals surface area (Å²) in [5, 5.41) is 9.87. The van der Waals surface area contributed by atoms with E-state index in [9.17, 15) is 5.26 Å². The maximum Gasteiger partial charge on any atom is 0.0689 e. The van der Waals surface area contributed by atoms with Gasteiger partial charge in [-0.3, -0.25) is 0 Å². The summed E-state index contributed by atoms with van der Waals surface area (Å²) in [5.74, 6) is 2.81. The Morgan fingerprint density at radius 1 is 0.875 bits per heavy atom. The third kappa shape index (κ3) is 5.79. The van der Waals surface area contributed by atoms with E-state index in [0.29, 0.717) is 0 Å². The number of nitriles is 1. The zero-order chi connectivity index (χ0) is 17.3. The molecule has 2 fully saturated rings. The lowest BCUT2D eigenvalue weighted by Crippen LogP contribution is -2.32. The predicted octanol–water partition coefficient (Wildman–Crippen LogP) is 7.65. The van der Waals surface area contributed by atoms with Gasteiger partial charge in [-0.05, 0) is 49.9 Å². The lowest BCUT2D eigenvalue weighted by atomic mass is 9.62. The molecule has 0 amide bonds. The molecule has 0 saturated heterocycles. The van der Waals surface area contributed by atoms with Crippen LogP contribution in [-0.2, 0) is 0 Å². The Hall–Kier alpha value is -0.510. The van der Waals surface area contributed by atoms with Crippen molar-refractivity contribution in [3.05, 3.63) is 0 Å². The minimum atomic E-state index is 0.0378. The van der Waals surface area contributed by atoms with Crippen molar-refractivity contribution < 1.29 is 0 Å². The van der Waals surface area contributed by atoms with Crippen molar-refractivity contribution in [2.75, 3.05) is 0 Å². The minimum absolute atomic E-state index is 0.0378. The molecule has 0 aromatic rings. The lowest BCUT2D eigenvalue weighted by Gasteiger charge is -2.42. The molecule has 0 radical (unpaired) electrons. The molecule has 2 saturated carbocycles. The van der Waals surface area contributed by atoms with Gasteiger partial charge in [0.2, 0.25) is 0 Å². The van der Waals surface area contributed by atoms with E-state index >= 15 is 0 Å². The van der Waals surface area contributed by atoms with Crippen LogP contribution in [-0.4, -0.2) is 0 Å². The molecule has 2 rings (SSSR count). The molecule has 2 aliphatic carbocycles.